The van der Waals surface area contributed by atoms with Crippen LogP contribution in [0.4, 0.5) is 4.79 Å². The lowest BCUT2D eigenvalue weighted by Gasteiger charge is -2.34. The highest BCUT2D eigenvalue weighted by molar-refractivity contribution is 5.74. The van der Waals surface area contributed by atoms with Crippen LogP contribution < -0.4 is 10.1 Å². The maximum absolute atomic E-state index is 12.4. The van der Waals surface area contributed by atoms with Crippen molar-refractivity contribution < 1.29 is 14.6 Å². The van der Waals surface area contributed by atoms with Crippen LogP contribution in [0, 0.1) is 11.8 Å². The van der Waals surface area contributed by atoms with E-state index in [1.54, 1.807) is 0 Å². The second-order valence-corrected chi connectivity index (χ2v) is 7.51. The number of piperidine rings is 1. The molecule has 1 fully saturated rings. The molecule has 0 bridgehead atoms. The quantitative estimate of drug-likeness (QED) is 0.826. The number of carbonyl (C=O) groups is 1. The lowest BCUT2D eigenvalue weighted by Crippen LogP contribution is -2.46. The van der Waals surface area contributed by atoms with Crippen LogP contribution in [0.2, 0.25) is 0 Å². The number of benzene rings is 1. The van der Waals surface area contributed by atoms with E-state index in [0.29, 0.717) is 31.5 Å². The van der Waals surface area contributed by atoms with Crippen LogP contribution in [0.1, 0.15) is 52.1 Å². The number of carbonyl (C=O) groups excluding carboxylic acids is 1. The molecule has 1 heterocycles. The molecule has 0 aliphatic carbocycles. The average Bonchev–Trinajstić information content (AvgIpc) is 2.60. The Kier molecular flexibility index (Phi) is 7.12. The highest BCUT2D eigenvalue weighted by Gasteiger charge is 2.26. The summed E-state index contributed by atoms with van der Waals surface area (Å²) in [7, 11) is 0. The minimum atomic E-state index is -0.291. The number of likely N-dealkylation sites (tertiary alicyclic amines) is 1. The van der Waals surface area contributed by atoms with Crippen LogP contribution in [0.15, 0.2) is 24.3 Å². The zero-order chi connectivity index (χ0) is 18.4. The summed E-state index contributed by atoms with van der Waals surface area (Å²) in [6.07, 6.45) is 1.43. The van der Waals surface area contributed by atoms with Gasteiger partial charge in [0.2, 0.25) is 0 Å². The number of amides is 2. The van der Waals surface area contributed by atoms with E-state index in [1.165, 1.54) is 0 Å². The van der Waals surface area contributed by atoms with Crippen molar-refractivity contribution in [3.63, 3.8) is 0 Å². The number of hydrogen-bond donors (Lipinski definition) is 2. The molecule has 0 aromatic heterocycles. The first-order chi connectivity index (χ1) is 11.9. The summed E-state index contributed by atoms with van der Waals surface area (Å²) < 4.78 is 5.69. The summed E-state index contributed by atoms with van der Waals surface area (Å²) in [5, 5.41) is 12.7. The van der Waals surface area contributed by atoms with Gasteiger partial charge in [-0.15, -0.1) is 0 Å². The molecule has 1 saturated heterocycles. The predicted octanol–water partition coefficient (Wildman–Crippen LogP) is 3.58. The Balaban J connectivity index is 1.82. The molecule has 0 saturated carbocycles. The minimum Gasteiger partial charge on any atom is -0.493 e. The molecule has 1 aliphatic heterocycles. The molecular weight excluding hydrogens is 316 g/mol. The van der Waals surface area contributed by atoms with Crippen LogP contribution in [-0.4, -0.2) is 41.8 Å². The Morgan fingerprint density at radius 1 is 1.20 bits per heavy atom. The molecule has 0 radical (unpaired) electrons. The number of aliphatic hydroxyl groups excluding tert-OH is 1. The molecule has 1 aliphatic rings. The van der Waals surface area contributed by atoms with Gasteiger partial charge in [0, 0.05) is 13.1 Å². The minimum absolute atomic E-state index is 0.0309. The van der Waals surface area contributed by atoms with Gasteiger partial charge in [-0.05, 0) is 56.2 Å². The fraction of sp³-hybridized carbons (Fsp3) is 0.650. The van der Waals surface area contributed by atoms with E-state index in [2.05, 4.69) is 19.2 Å². The molecule has 1 aromatic rings. The third-order valence-electron chi connectivity index (χ3n) is 4.81. The number of hydrogen-bond acceptors (Lipinski definition) is 3. The summed E-state index contributed by atoms with van der Waals surface area (Å²) in [6, 6.07) is 7.82. The normalized spacial score (nSPS) is 18.1. The van der Waals surface area contributed by atoms with Crippen LogP contribution in [-0.2, 0) is 0 Å². The van der Waals surface area contributed by atoms with Gasteiger partial charge in [0.1, 0.15) is 5.75 Å². The molecule has 25 heavy (non-hydrogen) atoms. The van der Waals surface area contributed by atoms with Gasteiger partial charge >= 0.3 is 6.03 Å². The lowest BCUT2D eigenvalue weighted by atomic mass is 9.92. The predicted molar refractivity (Wildman–Crippen MR) is 99.7 cm³/mol. The zero-order valence-corrected chi connectivity index (χ0v) is 15.9. The first-order valence-electron chi connectivity index (χ1n) is 9.33. The Morgan fingerprint density at radius 3 is 2.32 bits per heavy atom. The highest BCUT2D eigenvalue weighted by Crippen LogP contribution is 2.22. The molecule has 2 atom stereocenters. The summed E-state index contributed by atoms with van der Waals surface area (Å²) in [4.78, 5) is 14.3. The van der Waals surface area contributed by atoms with Gasteiger partial charge in [-0.1, -0.05) is 26.0 Å². The number of rotatable bonds is 6. The Morgan fingerprint density at radius 2 is 1.80 bits per heavy atom. The Labute approximate surface area is 151 Å². The van der Waals surface area contributed by atoms with Gasteiger partial charge in [-0.25, -0.2) is 4.79 Å². The Hall–Kier alpha value is -1.75. The van der Waals surface area contributed by atoms with Crippen LogP contribution >= 0.6 is 0 Å². The van der Waals surface area contributed by atoms with E-state index in [0.717, 1.165) is 24.2 Å². The van der Waals surface area contributed by atoms with Crippen molar-refractivity contribution >= 4 is 6.03 Å². The van der Waals surface area contributed by atoms with Crippen molar-refractivity contribution in [2.75, 3.05) is 19.7 Å². The summed E-state index contributed by atoms with van der Waals surface area (Å²) in [6.45, 7) is 10.2. The zero-order valence-electron chi connectivity index (χ0n) is 15.9. The number of aliphatic hydroxyl groups is 1. The summed E-state index contributed by atoms with van der Waals surface area (Å²) >= 11 is 0. The van der Waals surface area contributed by atoms with E-state index >= 15 is 0 Å². The maximum atomic E-state index is 12.4. The number of nitrogens with one attached hydrogen (secondary N) is 1. The van der Waals surface area contributed by atoms with Crippen molar-refractivity contribution in [2.24, 2.45) is 11.8 Å². The summed E-state index contributed by atoms with van der Waals surface area (Å²) in [5.74, 6) is 1.66. The lowest BCUT2D eigenvalue weighted by molar-refractivity contribution is 0.0794. The molecule has 140 valence electrons. The van der Waals surface area contributed by atoms with Gasteiger partial charge in [0.25, 0.3) is 0 Å². The molecule has 2 rings (SSSR count). The number of ether oxygens (including phenoxy) is 1. The molecule has 1 aromatic carbocycles. The molecule has 5 nitrogen and oxygen atoms in total. The molecule has 0 spiro atoms. The van der Waals surface area contributed by atoms with E-state index in [9.17, 15) is 9.90 Å². The number of urea groups is 1. The molecule has 2 N–H and O–H groups in total. The second-order valence-electron chi connectivity index (χ2n) is 7.51. The first-order valence-corrected chi connectivity index (χ1v) is 9.33. The van der Waals surface area contributed by atoms with E-state index in [-0.39, 0.29) is 18.2 Å². The third kappa shape index (κ3) is 5.92. The van der Waals surface area contributed by atoms with Crippen molar-refractivity contribution in [3.05, 3.63) is 29.8 Å². The molecule has 5 heteroatoms. The third-order valence-corrected chi connectivity index (χ3v) is 4.81. The van der Waals surface area contributed by atoms with Gasteiger partial charge in [0.15, 0.2) is 0 Å². The molecule has 2 unspecified atom stereocenters. The van der Waals surface area contributed by atoms with Crippen molar-refractivity contribution in [1.29, 1.82) is 0 Å². The van der Waals surface area contributed by atoms with E-state index in [4.69, 9.17) is 4.74 Å². The molecular formula is C20H32N2O3. The average molecular weight is 348 g/mol. The monoisotopic (exact) mass is 348 g/mol. The van der Waals surface area contributed by atoms with E-state index < -0.39 is 0 Å². The van der Waals surface area contributed by atoms with Crippen molar-refractivity contribution in [2.45, 2.75) is 52.7 Å². The topological polar surface area (TPSA) is 61.8 Å². The standard InChI is InChI=1S/C20H32N2O3/c1-14(2)13-25-19-7-5-17(6-8-19)15(3)21-20(24)22-11-9-18(10-12-22)16(4)23/h5-8,14-16,18,23H,9-13H2,1-4H3,(H,21,24). The van der Waals surface area contributed by atoms with Gasteiger partial charge in [0.05, 0.1) is 18.8 Å². The van der Waals surface area contributed by atoms with Crippen LogP contribution in [0.3, 0.4) is 0 Å². The van der Waals surface area contributed by atoms with Gasteiger partial charge in [-0.3, -0.25) is 0 Å². The Bertz CT molecular complexity index is 534. The fourth-order valence-electron chi connectivity index (χ4n) is 3.06. The van der Waals surface area contributed by atoms with Crippen molar-refractivity contribution in [3.8, 4) is 5.75 Å². The first kappa shape index (κ1) is 19.6. The SMILES string of the molecule is CC(C)COc1ccc(C(C)NC(=O)N2CCC(C(C)O)CC2)cc1. The van der Waals surface area contributed by atoms with Gasteiger partial charge in [-0.2, -0.15) is 0 Å². The second kappa shape index (κ2) is 9.09. The highest BCUT2D eigenvalue weighted by atomic mass is 16.5. The maximum Gasteiger partial charge on any atom is 0.317 e. The van der Waals surface area contributed by atoms with Gasteiger partial charge < -0.3 is 20.1 Å². The molecule has 2 amide bonds. The smallest absolute Gasteiger partial charge is 0.317 e. The fourth-order valence-corrected chi connectivity index (χ4v) is 3.06. The number of nitrogens with zero attached hydrogens (tertiary/aromatic N) is 1. The summed E-state index contributed by atoms with van der Waals surface area (Å²) in [5.41, 5.74) is 1.06. The van der Waals surface area contributed by atoms with Crippen LogP contribution in [0.5, 0.6) is 5.75 Å². The van der Waals surface area contributed by atoms with E-state index in [1.807, 2.05) is 43.0 Å². The largest absolute Gasteiger partial charge is 0.493 e. The van der Waals surface area contributed by atoms with Crippen LogP contribution in [0.25, 0.3) is 0 Å². The van der Waals surface area contributed by atoms with Crippen molar-refractivity contribution in [1.82, 2.24) is 10.2 Å².